The summed E-state index contributed by atoms with van der Waals surface area (Å²) in [6, 6.07) is 13.5. The molecule has 1 aliphatic heterocycles. The standard InChI is InChI=1S/C29H30N4O5/c1-3-16-30-26(34)17-20-8-12-22(13-9-20)33-28(36)24-6-4-5-7-25(24)32(29(33)37)19-27(35)31-18-21-10-14-23(38-2)15-11-21/h4-15,24H,3,16-19H2,1-2H3,(H-,30,31,34,35)/p+1. The first-order valence-electron chi connectivity index (χ1n) is 12.5. The van der Waals surface area contributed by atoms with Gasteiger partial charge >= 0.3 is 11.9 Å². The van der Waals surface area contributed by atoms with Crippen molar-refractivity contribution in [2.75, 3.05) is 25.1 Å². The number of imide groups is 1. The van der Waals surface area contributed by atoms with E-state index in [0.717, 1.165) is 28.2 Å². The maximum absolute atomic E-state index is 13.5. The number of methoxy groups -OCH3 is 1. The van der Waals surface area contributed by atoms with Crippen LogP contribution in [0.1, 0.15) is 24.5 Å². The third kappa shape index (κ3) is 6.05. The van der Waals surface area contributed by atoms with Gasteiger partial charge in [-0.15, -0.1) is 4.90 Å². The van der Waals surface area contributed by atoms with Crippen LogP contribution < -0.4 is 20.3 Å². The van der Waals surface area contributed by atoms with E-state index in [1.807, 2.05) is 31.2 Å². The highest BCUT2D eigenvalue weighted by Gasteiger charge is 2.48. The quantitative estimate of drug-likeness (QED) is 0.473. The molecular formula is C29H31N4O5+. The molecule has 1 aliphatic carbocycles. The van der Waals surface area contributed by atoms with Gasteiger partial charge in [-0.2, -0.15) is 9.37 Å². The number of fused-ring (bicyclic) bond motifs is 1. The lowest BCUT2D eigenvalue weighted by molar-refractivity contribution is -0.417. The van der Waals surface area contributed by atoms with E-state index in [0.29, 0.717) is 17.9 Å². The average Bonchev–Trinajstić information content (AvgIpc) is 2.94. The van der Waals surface area contributed by atoms with E-state index in [1.54, 1.807) is 55.7 Å². The first-order valence-corrected chi connectivity index (χ1v) is 12.5. The molecule has 2 aromatic rings. The zero-order valence-corrected chi connectivity index (χ0v) is 21.5. The molecule has 9 nitrogen and oxygen atoms in total. The molecule has 1 atom stereocenters. The van der Waals surface area contributed by atoms with Crippen molar-refractivity contribution in [2.24, 2.45) is 5.92 Å². The molecule has 1 heterocycles. The van der Waals surface area contributed by atoms with Gasteiger partial charge in [0.1, 0.15) is 23.1 Å². The number of anilines is 1. The minimum atomic E-state index is -0.688. The van der Waals surface area contributed by atoms with Gasteiger partial charge in [0.2, 0.25) is 5.91 Å². The molecule has 9 heteroatoms. The van der Waals surface area contributed by atoms with Gasteiger partial charge in [0.05, 0.1) is 13.5 Å². The van der Waals surface area contributed by atoms with Crippen LogP contribution >= 0.6 is 0 Å². The predicted molar refractivity (Wildman–Crippen MR) is 143 cm³/mol. The van der Waals surface area contributed by atoms with Crippen LogP contribution in [0.5, 0.6) is 5.75 Å². The molecule has 2 N–H and O–H groups in total. The molecule has 0 saturated carbocycles. The van der Waals surface area contributed by atoms with E-state index in [2.05, 4.69) is 10.6 Å². The summed E-state index contributed by atoms with van der Waals surface area (Å²) in [6.07, 6.45) is 7.95. The minimum Gasteiger partial charge on any atom is -0.497 e. The van der Waals surface area contributed by atoms with Crippen LogP contribution in [0.3, 0.4) is 0 Å². The Balaban J connectivity index is 1.50. The molecule has 0 bridgehead atoms. The lowest BCUT2D eigenvalue weighted by Gasteiger charge is -2.26. The smallest absolute Gasteiger partial charge is 0.497 e. The van der Waals surface area contributed by atoms with E-state index in [1.165, 1.54) is 4.58 Å². The van der Waals surface area contributed by atoms with Crippen molar-refractivity contribution >= 4 is 35.2 Å². The SMILES string of the molecule is CCCNC(=O)Cc1ccc(N2C(=O)C3C=CC=CC3=[N+](CC(=O)NCc3ccc(OC)cc3)C2=O)cc1. The summed E-state index contributed by atoms with van der Waals surface area (Å²) in [6.45, 7) is 2.64. The Morgan fingerprint density at radius 1 is 0.947 bits per heavy atom. The largest absolute Gasteiger partial charge is 0.506 e. The van der Waals surface area contributed by atoms with Gasteiger partial charge < -0.3 is 15.4 Å². The average molecular weight is 516 g/mol. The molecule has 0 fully saturated rings. The molecule has 5 amide bonds. The lowest BCUT2D eigenvalue weighted by Crippen LogP contribution is -2.56. The number of rotatable bonds is 10. The van der Waals surface area contributed by atoms with Crippen molar-refractivity contribution in [3.05, 3.63) is 84.0 Å². The Bertz CT molecular complexity index is 1310. The number of benzene rings is 2. The van der Waals surface area contributed by atoms with Gasteiger partial charge in [-0.05, 0) is 47.9 Å². The number of amides is 5. The van der Waals surface area contributed by atoms with Crippen LogP contribution in [0.4, 0.5) is 10.5 Å². The number of allylic oxidation sites excluding steroid dienone is 3. The number of carbonyl (C=O) groups excluding carboxylic acids is 4. The number of urea groups is 1. The number of ether oxygens (including phenoxy) is 1. The van der Waals surface area contributed by atoms with Crippen molar-refractivity contribution in [1.82, 2.24) is 10.6 Å². The number of carbonyl (C=O) groups is 4. The van der Waals surface area contributed by atoms with Crippen LogP contribution in [-0.4, -0.2) is 54.2 Å². The predicted octanol–water partition coefficient (Wildman–Crippen LogP) is 2.74. The summed E-state index contributed by atoms with van der Waals surface area (Å²) in [5, 5.41) is 5.66. The van der Waals surface area contributed by atoms with Crippen molar-refractivity contribution < 1.29 is 28.5 Å². The van der Waals surface area contributed by atoms with Gasteiger partial charge in [-0.1, -0.05) is 49.4 Å². The van der Waals surface area contributed by atoms with Crippen LogP contribution in [-0.2, 0) is 27.3 Å². The lowest BCUT2D eigenvalue weighted by atomic mass is 9.94. The monoisotopic (exact) mass is 515 g/mol. The summed E-state index contributed by atoms with van der Waals surface area (Å²) < 4.78 is 6.49. The highest BCUT2D eigenvalue weighted by atomic mass is 16.5. The van der Waals surface area contributed by atoms with Crippen molar-refractivity contribution in [2.45, 2.75) is 26.3 Å². The highest BCUT2D eigenvalue weighted by Crippen LogP contribution is 2.26. The Kier molecular flexibility index (Phi) is 8.47. The fourth-order valence-electron chi connectivity index (χ4n) is 4.28. The molecule has 38 heavy (non-hydrogen) atoms. The number of nitrogens with one attached hydrogen (secondary N) is 2. The molecule has 1 unspecified atom stereocenters. The van der Waals surface area contributed by atoms with E-state index >= 15 is 0 Å². The maximum atomic E-state index is 13.5. The van der Waals surface area contributed by atoms with Crippen LogP contribution in [0.15, 0.2) is 72.8 Å². The zero-order valence-electron chi connectivity index (χ0n) is 21.5. The summed E-state index contributed by atoms with van der Waals surface area (Å²) in [4.78, 5) is 52.9. The fourth-order valence-corrected chi connectivity index (χ4v) is 4.28. The molecule has 0 aromatic heterocycles. The summed E-state index contributed by atoms with van der Waals surface area (Å²) >= 11 is 0. The molecular weight excluding hydrogens is 484 g/mol. The van der Waals surface area contributed by atoms with Crippen LogP contribution in [0.2, 0.25) is 0 Å². The van der Waals surface area contributed by atoms with E-state index in [4.69, 9.17) is 4.74 Å². The van der Waals surface area contributed by atoms with Gasteiger partial charge in [0, 0.05) is 13.1 Å². The molecule has 0 spiro atoms. The van der Waals surface area contributed by atoms with Crippen LogP contribution in [0.25, 0.3) is 0 Å². The van der Waals surface area contributed by atoms with Crippen LogP contribution in [0, 0.1) is 5.92 Å². The van der Waals surface area contributed by atoms with E-state index in [-0.39, 0.29) is 31.3 Å². The van der Waals surface area contributed by atoms with Gasteiger partial charge in [-0.25, -0.2) is 4.79 Å². The Hall–Kier alpha value is -4.53. The Morgan fingerprint density at radius 3 is 2.34 bits per heavy atom. The second-order valence-electron chi connectivity index (χ2n) is 9.01. The molecule has 196 valence electrons. The summed E-state index contributed by atoms with van der Waals surface area (Å²) in [5.41, 5.74) is 2.49. The Labute approximate surface area is 221 Å². The molecule has 2 aliphatic rings. The zero-order chi connectivity index (χ0) is 27.1. The molecule has 0 saturated heterocycles. The number of hydrogen-bond donors (Lipinski definition) is 2. The Morgan fingerprint density at radius 2 is 1.66 bits per heavy atom. The normalized spacial score (nSPS) is 16.4. The minimum absolute atomic E-state index is 0.0880. The van der Waals surface area contributed by atoms with Gasteiger partial charge in [-0.3, -0.25) is 9.59 Å². The van der Waals surface area contributed by atoms with E-state index < -0.39 is 17.9 Å². The van der Waals surface area contributed by atoms with Crippen molar-refractivity contribution in [1.29, 1.82) is 0 Å². The van der Waals surface area contributed by atoms with Crippen molar-refractivity contribution in [3.8, 4) is 5.75 Å². The number of nitrogens with zero attached hydrogens (tertiary/aromatic N) is 2. The third-order valence-corrected chi connectivity index (χ3v) is 6.30. The van der Waals surface area contributed by atoms with Crippen molar-refractivity contribution in [3.63, 3.8) is 0 Å². The second kappa shape index (κ2) is 12.1. The summed E-state index contributed by atoms with van der Waals surface area (Å²) in [7, 11) is 1.59. The third-order valence-electron chi connectivity index (χ3n) is 6.30. The van der Waals surface area contributed by atoms with Gasteiger partial charge in [0.25, 0.3) is 5.91 Å². The molecule has 0 radical (unpaired) electrons. The second-order valence-corrected chi connectivity index (χ2v) is 9.01. The first-order chi connectivity index (χ1) is 18.4. The maximum Gasteiger partial charge on any atom is 0.506 e. The summed E-state index contributed by atoms with van der Waals surface area (Å²) in [5.74, 6) is -0.808. The number of hydrogen-bond acceptors (Lipinski definition) is 5. The molecule has 4 rings (SSSR count). The fraction of sp³-hybridized carbons (Fsp3) is 0.276. The van der Waals surface area contributed by atoms with E-state index in [9.17, 15) is 19.2 Å². The molecule has 2 aromatic carbocycles. The highest BCUT2D eigenvalue weighted by molar-refractivity contribution is 6.26. The van der Waals surface area contributed by atoms with Gasteiger partial charge in [0.15, 0.2) is 6.54 Å². The topological polar surface area (TPSA) is 108 Å². The first kappa shape index (κ1) is 26.5.